The number of carbonyl (C=O) groups excluding carboxylic acids is 1. The number of thioether (sulfide) groups is 1. The van der Waals surface area contributed by atoms with Crippen molar-refractivity contribution in [3.05, 3.63) is 18.4 Å². The molecule has 1 fully saturated rings. The first kappa shape index (κ1) is 16.1. The molecule has 0 saturated carbocycles. The first-order valence-electron chi connectivity index (χ1n) is 7.74. The summed E-state index contributed by atoms with van der Waals surface area (Å²) in [6.45, 7) is 1.27. The Balaban J connectivity index is 1.74. The molecule has 2 N–H and O–H groups in total. The summed E-state index contributed by atoms with van der Waals surface area (Å²) in [6.07, 6.45) is 5.50. The van der Waals surface area contributed by atoms with Gasteiger partial charge < -0.3 is 14.9 Å². The van der Waals surface area contributed by atoms with Crippen molar-refractivity contribution in [3.8, 4) is 11.6 Å². The molecule has 2 aromatic rings. The molecule has 3 heterocycles. The average Bonchev–Trinajstić information content (AvgIpc) is 3.21. The van der Waals surface area contributed by atoms with Crippen LogP contribution in [-0.2, 0) is 16.1 Å². The van der Waals surface area contributed by atoms with E-state index in [-0.39, 0.29) is 18.4 Å². The van der Waals surface area contributed by atoms with E-state index in [1.165, 1.54) is 6.42 Å². The summed E-state index contributed by atoms with van der Waals surface area (Å²) < 4.78 is 13.0. The van der Waals surface area contributed by atoms with E-state index in [1.807, 2.05) is 10.6 Å². The minimum absolute atomic E-state index is 0.235. The number of carbonyl (C=O) groups is 1. The van der Waals surface area contributed by atoms with Gasteiger partial charge in [0.1, 0.15) is 0 Å². The maximum absolute atomic E-state index is 11.1. The molecule has 1 aliphatic heterocycles. The smallest absolute Gasteiger partial charge is 0.219 e. The molecule has 3 rings (SSSR count). The number of hydrogen-bond acceptors (Lipinski definition) is 6. The van der Waals surface area contributed by atoms with Crippen molar-refractivity contribution in [2.75, 3.05) is 12.4 Å². The summed E-state index contributed by atoms with van der Waals surface area (Å²) in [5.74, 6) is 1.72. The molecule has 7 nitrogen and oxygen atoms in total. The lowest BCUT2D eigenvalue weighted by atomic mass is 10.1. The second-order valence-electron chi connectivity index (χ2n) is 5.45. The third-order valence-electron chi connectivity index (χ3n) is 3.71. The zero-order valence-electron chi connectivity index (χ0n) is 12.8. The topological polar surface area (TPSA) is 96.2 Å². The lowest BCUT2D eigenvalue weighted by molar-refractivity contribution is -0.118. The first-order chi connectivity index (χ1) is 11.2. The zero-order chi connectivity index (χ0) is 16.1. The average molecular weight is 336 g/mol. The van der Waals surface area contributed by atoms with Crippen molar-refractivity contribution in [2.24, 2.45) is 5.73 Å². The van der Waals surface area contributed by atoms with Gasteiger partial charge in [-0.05, 0) is 31.4 Å². The maximum atomic E-state index is 11.1. The normalized spacial score (nSPS) is 18.2. The molecule has 23 heavy (non-hydrogen) atoms. The van der Waals surface area contributed by atoms with E-state index in [0.717, 1.165) is 30.4 Å². The van der Waals surface area contributed by atoms with Crippen LogP contribution in [0, 0.1) is 0 Å². The van der Waals surface area contributed by atoms with Crippen LogP contribution in [0.5, 0.6) is 0 Å². The van der Waals surface area contributed by atoms with Gasteiger partial charge in [0.25, 0.3) is 0 Å². The van der Waals surface area contributed by atoms with Gasteiger partial charge in [0.15, 0.2) is 16.7 Å². The summed E-state index contributed by atoms with van der Waals surface area (Å²) in [7, 11) is 0. The fourth-order valence-corrected chi connectivity index (χ4v) is 3.54. The summed E-state index contributed by atoms with van der Waals surface area (Å²) in [5.41, 5.74) is 5.28. The van der Waals surface area contributed by atoms with Crippen molar-refractivity contribution in [1.82, 2.24) is 14.8 Å². The molecule has 8 heteroatoms. The molecule has 1 amide bonds. The molecule has 1 aliphatic rings. The van der Waals surface area contributed by atoms with Gasteiger partial charge in [-0.3, -0.25) is 9.36 Å². The molecule has 0 aromatic carbocycles. The molecular formula is C15H20N4O3S. The van der Waals surface area contributed by atoms with Crippen LogP contribution in [0.25, 0.3) is 11.6 Å². The Hall–Kier alpha value is -1.80. The second-order valence-corrected chi connectivity index (χ2v) is 6.44. The van der Waals surface area contributed by atoms with Crippen molar-refractivity contribution < 1.29 is 13.9 Å². The molecule has 1 atom stereocenters. The molecule has 1 saturated heterocycles. The summed E-state index contributed by atoms with van der Waals surface area (Å²) >= 11 is 1.59. The van der Waals surface area contributed by atoms with Gasteiger partial charge in [0.2, 0.25) is 5.91 Å². The Morgan fingerprint density at radius 1 is 1.43 bits per heavy atom. The van der Waals surface area contributed by atoms with Gasteiger partial charge in [-0.25, -0.2) is 0 Å². The Bertz CT molecular complexity index is 635. The van der Waals surface area contributed by atoms with Crippen LogP contribution in [0.1, 0.15) is 25.7 Å². The van der Waals surface area contributed by atoms with Crippen molar-refractivity contribution in [2.45, 2.75) is 43.5 Å². The third kappa shape index (κ3) is 4.14. The molecule has 124 valence electrons. The molecule has 0 aliphatic carbocycles. The number of nitrogens with zero attached hydrogens (tertiary/aromatic N) is 3. The van der Waals surface area contributed by atoms with E-state index < -0.39 is 0 Å². The fraction of sp³-hybridized carbons (Fsp3) is 0.533. The Morgan fingerprint density at radius 3 is 3.04 bits per heavy atom. The number of amides is 1. The number of furan rings is 1. The predicted octanol–water partition coefficient (Wildman–Crippen LogP) is 2.07. The second kappa shape index (κ2) is 7.65. The first-order valence-corrected chi connectivity index (χ1v) is 8.72. The molecular weight excluding hydrogens is 316 g/mol. The number of nitrogens with two attached hydrogens (primary N) is 1. The van der Waals surface area contributed by atoms with E-state index >= 15 is 0 Å². The van der Waals surface area contributed by atoms with Crippen molar-refractivity contribution >= 4 is 17.7 Å². The van der Waals surface area contributed by atoms with Crippen LogP contribution < -0.4 is 5.73 Å². The Labute approximate surface area is 138 Å². The van der Waals surface area contributed by atoms with Crippen LogP contribution in [-0.4, -0.2) is 39.1 Å². The van der Waals surface area contributed by atoms with Gasteiger partial charge in [0.05, 0.1) is 12.4 Å². The van der Waals surface area contributed by atoms with E-state index in [2.05, 4.69) is 10.2 Å². The lowest BCUT2D eigenvalue weighted by Crippen LogP contribution is -2.21. The minimum atomic E-state index is -0.351. The van der Waals surface area contributed by atoms with Gasteiger partial charge >= 0.3 is 0 Å². The number of primary amides is 1. The molecule has 2 aromatic heterocycles. The van der Waals surface area contributed by atoms with Crippen molar-refractivity contribution in [3.63, 3.8) is 0 Å². The highest BCUT2D eigenvalue weighted by Crippen LogP contribution is 2.27. The van der Waals surface area contributed by atoms with Gasteiger partial charge in [0, 0.05) is 25.3 Å². The highest BCUT2D eigenvalue weighted by atomic mass is 32.2. The van der Waals surface area contributed by atoms with E-state index in [9.17, 15) is 4.79 Å². The number of aromatic nitrogens is 3. The maximum Gasteiger partial charge on any atom is 0.219 e. The Morgan fingerprint density at radius 2 is 2.35 bits per heavy atom. The third-order valence-corrected chi connectivity index (χ3v) is 4.81. The summed E-state index contributed by atoms with van der Waals surface area (Å²) in [5, 5.41) is 9.20. The highest BCUT2D eigenvalue weighted by Gasteiger charge is 2.20. The van der Waals surface area contributed by atoms with Crippen molar-refractivity contribution in [1.29, 1.82) is 0 Å². The fourth-order valence-electron chi connectivity index (χ4n) is 2.51. The summed E-state index contributed by atoms with van der Waals surface area (Å²) in [4.78, 5) is 11.1. The molecule has 0 radical (unpaired) electrons. The lowest BCUT2D eigenvalue weighted by Gasteiger charge is -2.21. The zero-order valence-corrected chi connectivity index (χ0v) is 13.6. The molecule has 0 unspecified atom stereocenters. The number of ether oxygens (including phenoxy) is 1. The SMILES string of the molecule is NC(=O)CCn1c(SC[C@@H]2CCCCO2)nnc1-c1ccco1. The molecule has 0 spiro atoms. The van der Waals surface area contributed by atoms with Crippen LogP contribution in [0.3, 0.4) is 0 Å². The quantitative estimate of drug-likeness (QED) is 0.778. The largest absolute Gasteiger partial charge is 0.461 e. The molecule has 0 bridgehead atoms. The van der Waals surface area contributed by atoms with E-state index in [1.54, 1.807) is 24.1 Å². The van der Waals surface area contributed by atoms with Gasteiger partial charge in [-0.15, -0.1) is 10.2 Å². The van der Waals surface area contributed by atoms with E-state index in [0.29, 0.717) is 18.1 Å². The number of rotatable bonds is 7. The van der Waals surface area contributed by atoms with E-state index in [4.69, 9.17) is 14.9 Å². The number of hydrogen-bond donors (Lipinski definition) is 1. The van der Waals surface area contributed by atoms with Crippen LogP contribution in [0.15, 0.2) is 28.0 Å². The monoisotopic (exact) mass is 336 g/mol. The minimum Gasteiger partial charge on any atom is -0.461 e. The van der Waals surface area contributed by atoms with Crippen LogP contribution in [0.4, 0.5) is 0 Å². The van der Waals surface area contributed by atoms with Gasteiger partial charge in [-0.2, -0.15) is 0 Å². The van der Waals surface area contributed by atoms with Crippen LogP contribution in [0.2, 0.25) is 0 Å². The predicted molar refractivity (Wildman–Crippen MR) is 85.9 cm³/mol. The van der Waals surface area contributed by atoms with Crippen LogP contribution >= 0.6 is 11.8 Å². The van der Waals surface area contributed by atoms with Gasteiger partial charge in [-0.1, -0.05) is 11.8 Å². The standard InChI is InChI=1S/C15H20N4O3S/c16-13(20)6-7-19-14(12-5-3-9-22-12)17-18-15(19)23-10-11-4-1-2-8-21-11/h3,5,9,11H,1-2,4,6-8,10H2,(H2,16,20)/t11-/m0/s1. The Kier molecular flexibility index (Phi) is 5.35. The highest BCUT2D eigenvalue weighted by molar-refractivity contribution is 7.99. The summed E-state index contributed by atoms with van der Waals surface area (Å²) in [6, 6.07) is 3.62.